The van der Waals surface area contributed by atoms with E-state index in [0.29, 0.717) is 23.1 Å². The SMILES string of the molecule is CC[C@H]1O[C@@H](n2cnc3c(N)ncnc32)CC1OP([O-])(=S)OC[C@H]1O[C@@H](n2cc(C)c(=O)[nH]c2=O)CC1OP(=O)([S-])OC[C@H]1O[C@@H](n2cnc3c(=O)[nH]c(N)nc32)CC1OP([O-])(=S)OC[C@H]1O[C@@H](n2cc(C)c(=O)[nH]c2=O)CC1OP([O-])(=S)OC[C@H]1O[C@@H](n2cc(C)c(N)nc2=O)CC1OP([O-])(=S)OC[C@]12O[C@@H](n3cnc4c(N)ncnc43)[C@@H](O[C@H]1C)C2OP([O-])(=S)OC. The van der Waals surface area contributed by atoms with Gasteiger partial charge in [-0.15, -0.1) is 0 Å². The van der Waals surface area contributed by atoms with Gasteiger partial charge in [-0.3, -0.25) is 61.3 Å². The van der Waals surface area contributed by atoms with E-state index >= 15 is 0 Å². The van der Waals surface area contributed by atoms with Crippen molar-refractivity contribution in [2.45, 2.75) is 195 Å². The van der Waals surface area contributed by atoms with Gasteiger partial charge in [-0.2, -0.15) is 9.97 Å². The Morgan fingerprint density at radius 3 is 1.38 bits per heavy atom. The van der Waals surface area contributed by atoms with Crippen molar-refractivity contribution < 1.29 is 116 Å². The largest absolute Gasteiger partial charge is 0.780 e. The number of H-pyrrole nitrogens is 3. The number of nitrogens with zero attached hydrogens (tertiary/aromatic N) is 15. The van der Waals surface area contributed by atoms with Gasteiger partial charge in [-0.25, -0.2) is 49.3 Å². The van der Waals surface area contributed by atoms with E-state index < -0.39 is 236 Å². The van der Waals surface area contributed by atoms with Crippen LogP contribution in [0.25, 0.3) is 33.5 Å². The normalized spacial score (nSPS) is 31.0. The second-order valence-electron chi connectivity index (χ2n) is 30.4. The van der Waals surface area contributed by atoms with Gasteiger partial charge >= 0.3 is 17.1 Å². The molecule has 7 fully saturated rings. The Bertz CT molecular complexity index is 6520. The molecule has 7 saturated heterocycles. The highest BCUT2D eigenvalue weighted by Crippen LogP contribution is 2.59. The summed E-state index contributed by atoms with van der Waals surface area (Å²) in [5.74, 6) is -0.308. The van der Waals surface area contributed by atoms with Crippen LogP contribution in [0.2, 0.25) is 0 Å². The minimum absolute atomic E-state index is 0.0222. The van der Waals surface area contributed by atoms with Crippen molar-refractivity contribution in [2.24, 2.45) is 0 Å². The fourth-order valence-electron chi connectivity index (χ4n) is 15.8. The standard InChI is InChI=1S/C64H84N22O31P6S6/c1-7-30-31(8-43(106-30)84-23-73-45-51(66)69-21-71-53(45)84)112-119(94,125)100-16-36-32(9-41(108-36)82-14-27(3)56(87)79-62(82)91)114-121(96,127)103-19-39-35(12-44(110-39)85-24-75-47-55(85)77-60(68)78-58(47)89)115-122(97,128)101-17-37-33(10-42(109-37)83-15-28(4)57(88)80-63(83)92)113-120(95,126)102-18-38-34(11-40(107-38)81-13-26(2)50(65)76-61(81)90)116-123(98,129)104-20-64-29(5)105-48(49(64)117-118(93,124)99-6)59(111-64)86-25-74-46-52(67)70-22-72-54(46)86/h13-15,21-25,29-44,48-49,59H,7-12,16-20H2,1-6H3,(H,93,124)(H,94,125)(H,95,126)(H,96,127)(H,97,128)(H,98,129)(H2,65,76,90)(H2,66,69,71)(H2,67,70,72)(H,79,87,91)(H,80,88,92)(H3,68,77,78,89)/p-6/t29-,30+,31?,32?,33?,34?,35?,36+,37+,38+,39+,40+,41+,42+,43+,44+,48-,49?,59+,64-,118?,119?,120?,121?,122?,123?/m0/s1. The summed E-state index contributed by atoms with van der Waals surface area (Å²) in [6.45, 7) is -25.2. The number of nitrogens with one attached hydrogen (secondary N) is 3. The first-order valence-electron chi connectivity index (χ1n) is 38.8. The summed E-state index contributed by atoms with van der Waals surface area (Å²) >= 11 is 32.7. The van der Waals surface area contributed by atoms with Crippen molar-refractivity contribution >= 4 is 169 Å². The number of anilines is 4. The highest BCUT2D eigenvalue weighted by Gasteiger charge is 2.68. The van der Waals surface area contributed by atoms with Gasteiger partial charge in [0.25, 0.3) is 16.7 Å². The quantitative estimate of drug-likeness (QED) is 0.0166. The summed E-state index contributed by atoms with van der Waals surface area (Å²) in [7, 11) is 1.06. The van der Waals surface area contributed by atoms with Crippen LogP contribution in [-0.2, 0) is 163 Å². The van der Waals surface area contributed by atoms with Crippen LogP contribution >= 0.6 is 40.4 Å². The van der Waals surface area contributed by atoms with Gasteiger partial charge in [0.05, 0.1) is 94.7 Å². The molecule has 0 amide bonds. The molecule has 7 aliphatic rings. The lowest BCUT2D eigenvalue weighted by atomic mass is 9.94. The highest BCUT2D eigenvalue weighted by molar-refractivity contribution is 8.32. The molecule has 53 nitrogen and oxygen atoms in total. The molecule has 129 heavy (non-hydrogen) atoms. The summed E-state index contributed by atoms with van der Waals surface area (Å²) in [6.07, 6.45) is -15.9. The van der Waals surface area contributed by atoms with Gasteiger partial charge in [0, 0.05) is 74.5 Å². The van der Waals surface area contributed by atoms with E-state index in [0.717, 1.165) is 33.3 Å². The van der Waals surface area contributed by atoms with E-state index in [1.165, 1.54) is 60.7 Å². The average Bonchev–Trinajstić information content (AvgIpc) is 1.54. The second kappa shape index (κ2) is 37.4. The van der Waals surface area contributed by atoms with Gasteiger partial charge < -0.3 is 147 Å². The Kier molecular flexibility index (Phi) is 27.8. The van der Waals surface area contributed by atoms with Gasteiger partial charge in [-0.05, 0) is 34.1 Å². The number of aromatic amines is 3. The lowest BCUT2D eigenvalue weighted by Crippen LogP contribution is -2.51. The number of hydrogen-bond acceptors (Lipinski definition) is 50. The lowest BCUT2D eigenvalue weighted by Gasteiger charge is -2.40. The van der Waals surface area contributed by atoms with Crippen LogP contribution in [0.15, 0.2) is 79.0 Å². The van der Waals surface area contributed by atoms with Crippen molar-refractivity contribution in [2.75, 3.05) is 63.1 Å². The molecule has 12 unspecified atom stereocenters. The number of imidazole rings is 3. The minimum atomic E-state index is -5.02. The number of rotatable bonds is 35. The number of fused-ring (bicyclic) bond motifs is 5. The van der Waals surface area contributed by atoms with Gasteiger partial charge in [0.1, 0.15) is 136 Å². The van der Waals surface area contributed by atoms with Crippen molar-refractivity contribution in [1.82, 2.24) is 87.2 Å². The minimum Gasteiger partial charge on any atom is -0.780 e. The van der Waals surface area contributed by atoms with Crippen molar-refractivity contribution in [1.29, 1.82) is 0 Å². The predicted octanol–water partition coefficient (Wildman–Crippen LogP) is -2.07. The molecule has 9 aromatic rings. The molecule has 16 heterocycles. The summed E-state index contributed by atoms with van der Waals surface area (Å²) in [6, 6.07) is 0. The molecule has 702 valence electrons. The van der Waals surface area contributed by atoms with E-state index in [9.17, 15) is 57.8 Å². The fraction of sp³-hybridized carbons (Fsp3) is 0.578. The molecule has 0 saturated carbocycles. The van der Waals surface area contributed by atoms with Crippen LogP contribution in [0.4, 0.5) is 23.4 Å². The lowest BCUT2D eigenvalue weighted by molar-refractivity contribution is -0.239. The smallest absolute Gasteiger partial charge is 0.351 e. The zero-order valence-corrected chi connectivity index (χ0v) is 77.9. The molecule has 0 radical (unpaired) electrons. The molecule has 16 rings (SSSR count). The first-order chi connectivity index (χ1) is 60.9. The van der Waals surface area contributed by atoms with Gasteiger partial charge in [-0.1, -0.05) is 66.0 Å². The second-order valence-corrected chi connectivity index (χ2v) is 46.7. The van der Waals surface area contributed by atoms with Crippen molar-refractivity contribution in [3.8, 4) is 0 Å². The third-order valence-corrected chi connectivity index (χ3v) is 31.6. The maximum atomic E-state index is 14.9. The summed E-state index contributed by atoms with van der Waals surface area (Å²) in [5, 5.41) is 0. The Hall–Kier alpha value is -6.24. The van der Waals surface area contributed by atoms with Crippen molar-refractivity contribution in [3.63, 3.8) is 0 Å². The first kappa shape index (κ1) is 95.9. The predicted molar refractivity (Wildman–Crippen MR) is 454 cm³/mol. The van der Waals surface area contributed by atoms with Crippen LogP contribution in [-0.4, -0.2) is 212 Å². The molecule has 0 aromatic carbocycles. The Labute approximate surface area is 755 Å². The number of ether oxygens (including phenoxy) is 7. The van der Waals surface area contributed by atoms with E-state index in [4.69, 9.17) is 182 Å². The highest BCUT2D eigenvalue weighted by atomic mass is 32.7. The molecule has 11 N–H and O–H groups in total. The summed E-state index contributed by atoms with van der Waals surface area (Å²) < 4.78 is 137. The Morgan fingerprint density at radius 1 is 0.481 bits per heavy atom. The zero-order chi connectivity index (χ0) is 92.3. The number of nitrogens with two attached hydrogens (primary N) is 4. The number of aromatic nitrogens is 18. The summed E-state index contributed by atoms with van der Waals surface area (Å²) in [4.78, 5) is 195. The third kappa shape index (κ3) is 20.5. The number of hydrogen-bond donors (Lipinski definition) is 7. The maximum Gasteiger partial charge on any atom is 0.351 e. The van der Waals surface area contributed by atoms with Crippen LogP contribution in [0.5, 0.6) is 0 Å². The fourth-order valence-corrected chi connectivity index (χ4v) is 24.0. The van der Waals surface area contributed by atoms with Crippen LogP contribution in [0.1, 0.15) is 106 Å². The summed E-state index contributed by atoms with van der Waals surface area (Å²) in [5.41, 5.74) is 18.3. The zero-order valence-electron chi connectivity index (χ0n) is 67.7. The molecular formula is C64H78N22O31P6S6-6. The molecule has 26 atom stereocenters. The maximum absolute atomic E-state index is 14.9. The Morgan fingerprint density at radius 2 is 0.891 bits per heavy atom. The molecule has 7 aliphatic heterocycles. The van der Waals surface area contributed by atoms with Crippen LogP contribution < -0.4 is 81.1 Å². The van der Waals surface area contributed by atoms with Gasteiger partial charge in [0.15, 0.2) is 47.1 Å². The molecular weight excluding hydrogens is 1950 g/mol. The van der Waals surface area contributed by atoms with E-state index in [2.05, 4.69) is 59.8 Å². The van der Waals surface area contributed by atoms with E-state index in [-0.39, 0.29) is 82.5 Å². The molecule has 0 spiro atoms. The molecule has 9 aromatic heterocycles. The topological polar surface area (TPSA) is 707 Å². The molecule has 0 aliphatic carbocycles. The number of aryl methyl sites for hydroxylation is 3. The first-order valence-corrected chi connectivity index (χ1v) is 54.1. The molecule has 2 bridgehead atoms. The monoisotopic (exact) mass is 2030 g/mol. The van der Waals surface area contributed by atoms with Crippen LogP contribution in [0, 0.1) is 20.8 Å². The number of nitrogen functional groups attached to an aromatic ring is 4. The molecule has 65 heteroatoms. The third-order valence-electron chi connectivity index (χ3n) is 22.1. The van der Waals surface area contributed by atoms with Crippen LogP contribution in [0.3, 0.4) is 0 Å². The Balaban J connectivity index is 0.617. The average molecular weight is 2030 g/mol. The van der Waals surface area contributed by atoms with Gasteiger partial charge in [0.2, 0.25) is 5.95 Å². The van der Waals surface area contributed by atoms with E-state index in [1.54, 1.807) is 25.3 Å². The van der Waals surface area contributed by atoms with Crippen molar-refractivity contribution in [3.05, 3.63) is 129 Å². The van der Waals surface area contributed by atoms with E-state index in [1.807, 2.05) is 0 Å².